The van der Waals surface area contributed by atoms with E-state index in [-0.39, 0.29) is 17.0 Å². The number of aliphatic imine (C=N–C) groups is 1. The summed E-state index contributed by atoms with van der Waals surface area (Å²) in [7, 11) is 1.80. The van der Waals surface area contributed by atoms with Gasteiger partial charge in [-0.15, -0.1) is 0 Å². The van der Waals surface area contributed by atoms with Crippen molar-refractivity contribution in [2.45, 2.75) is 6.92 Å². The molecule has 0 N–H and O–H groups in total. The van der Waals surface area contributed by atoms with E-state index in [0.717, 1.165) is 16.8 Å². The number of benzene rings is 3. The number of Topliss-reactive ketones (excluding diaryl/α,β-unsaturated/α-hetero) is 1. The lowest BCUT2D eigenvalue weighted by atomic mass is 10.0. The molecule has 0 fully saturated rings. The standard InChI is InChI=1S/C25H21N3O2/c1-18-24(25(30)28(27(18)2)22-11-7-4-8-12-22)26-17-23(29)21-15-13-20(14-16-21)19-9-5-3-6-10-19/h3-17H,1-2H3. The number of hydrogen-bond acceptors (Lipinski definition) is 3. The third-order valence-electron chi connectivity index (χ3n) is 5.11. The number of aromatic nitrogens is 2. The lowest BCUT2D eigenvalue weighted by Gasteiger charge is -2.07. The first-order valence-corrected chi connectivity index (χ1v) is 9.64. The van der Waals surface area contributed by atoms with Gasteiger partial charge in [0.15, 0.2) is 5.69 Å². The summed E-state index contributed by atoms with van der Waals surface area (Å²) in [6.45, 7) is 1.81. The molecule has 0 saturated heterocycles. The van der Waals surface area contributed by atoms with E-state index < -0.39 is 0 Å². The molecule has 0 aliphatic carbocycles. The van der Waals surface area contributed by atoms with Crippen LogP contribution >= 0.6 is 0 Å². The number of hydrogen-bond donors (Lipinski definition) is 0. The molecule has 4 aromatic rings. The highest BCUT2D eigenvalue weighted by Crippen LogP contribution is 2.20. The maximum Gasteiger partial charge on any atom is 0.297 e. The number of nitrogens with zero attached hydrogens (tertiary/aromatic N) is 3. The molecule has 30 heavy (non-hydrogen) atoms. The van der Waals surface area contributed by atoms with Gasteiger partial charge < -0.3 is 0 Å². The Hall–Kier alpha value is -3.99. The zero-order chi connectivity index (χ0) is 21.1. The van der Waals surface area contributed by atoms with Crippen molar-refractivity contribution >= 4 is 17.7 Å². The second-order valence-electron chi connectivity index (χ2n) is 6.98. The summed E-state index contributed by atoms with van der Waals surface area (Å²) >= 11 is 0. The maximum atomic E-state index is 12.9. The molecule has 0 bridgehead atoms. The zero-order valence-corrected chi connectivity index (χ0v) is 16.8. The van der Waals surface area contributed by atoms with Gasteiger partial charge in [0, 0.05) is 12.6 Å². The monoisotopic (exact) mass is 395 g/mol. The van der Waals surface area contributed by atoms with Crippen molar-refractivity contribution in [1.82, 2.24) is 9.36 Å². The second kappa shape index (κ2) is 8.17. The van der Waals surface area contributed by atoms with Crippen molar-refractivity contribution in [2.75, 3.05) is 0 Å². The van der Waals surface area contributed by atoms with Crippen molar-refractivity contribution in [3.63, 3.8) is 0 Å². The van der Waals surface area contributed by atoms with E-state index in [0.29, 0.717) is 11.3 Å². The van der Waals surface area contributed by atoms with Gasteiger partial charge in [0.2, 0.25) is 5.78 Å². The quantitative estimate of drug-likeness (QED) is 0.362. The molecule has 0 radical (unpaired) electrons. The first kappa shape index (κ1) is 19.3. The van der Waals surface area contributed by atoms with Crippen molar-refractivity contribution in [2.24, 2.45) is 12.0 Å². The van der Waals surface area contributed by atoms with Gasteiger partial charge in [0.25, 0.3) is 5.56 Å². The Morgan fingerprint density at radius 3 is 2.03 bits per heavy atom. The molecule has 0 aliphatic rings. The van der Waals surface area contributed by atoms with Crippen molar-refractivity contribution in [3.8, 4) is 16.8 Å². The number of carbonyl (C=O) groups excluding carboxylic acids is 1. The number of ketones is 1. The molecule has 0 saturated carbocycles. The van der Waals surface area contributed by atoms with E-state index in [1.807, 2.05) is 79.7 Å². The molecule has 1 heterocycles. The molecule has 0 spiro atoms. The fourth-order valence-corrected chi connectivity index (χ4v) is 3.36. The summed E-state index contributed by atoms with van der Waals surface area (Å²) in [5.41, 5.74) is 4.08. The minimum atomic E-state index is -0.260. The highest BCUT2D eigenvalue weighted by atomic mass is 16.1. The zero-order valence-electron chi connectivity index (χ0n) is 16.8. The predicted octanol–water partition coefficient (Wildman–Crippen LogP) is 4.74. The minimum Gasteiger partial charge on any atom is -0.288 e. The number of carbonyl (C=O) groups is 1. The van der Waals surface area contributed by atoms with E-state index in [2.05, 4.69) is 4.99 Å². The van der Waals surface area contributed by atoms with E-state index in [1.54, 1.807) is 28.5 Å². The van der Waals surface area contributed by atoms with Gasteiger partial charge >= 0.3 is 0 Å². The topological polar surface area (TPSA) is 56.4 Å². The van der Waals surface area contributed by atoms with Crippen molar-refractivity contribution in [1.29, 1.82) is 0 Å². The van der Waals surface area contributed by atoms with Crippen LogP contribution in [0.5, 0.6) is 0 Å². The second-order valence-corrected chi connectivity index (χ2v) is 6.98. The van der Waals surface area contributed by atoms with Crippen LogP contribution in [0.2, 0.25) is 0 Å². The highest BCUT2D eigenvalue weighted by Gasteiger charge is 2.15. The summed E-state index contributed by atoms with van der Waals surface area (Å²) in [4.78, 5) is 29.7. The Balaban J connectivity index is 1.60. The van der Waals surface area contributed by atoms with Crippen LogP contribution in [0.3, 0.4) is 0 Å². The van der Waals surface area contributed by atoms with Gasteiger partial charge in [-0.05, 0) is 30.2 Å². The summed E-state index contributed by atoms with van der Waals surface area (Å²) in [6.07, 6.45) is 1.22. The third kappa shape index (κ3) is 3.65. The molecule has 1 aromatic heterocycles. The largest absolute Gasteiger partial charge is 0.297 e. The highest BCUT2D eigenvalue weighted by molar-refractivity contribution is 6.35. The van der Waals surface area contributed by atoms with Gasteiger partial charge in [-0.25, -0.2) is 9.67 Å². The smallest absolute Gasteiger partial charge is 0.288 e. The number of rotatable bonds is 5. The molecule has 5 nitrogen and oxygen atoms in total. The Morgan fingerprint density at radius 2 is 1.40 bits per heavy atom. The van der Waals surface area contributed by atoms with Crippen molar-refractivity contribution in [3.05, 3.63) is 107 Å². The third-order valence-corrected chi connectivity index (χ3v) is 5.11. The average molecular weight is 395 g/mol. The molecule has 4 rings (SSSR count). The summed E-state index contributed by atoms with van der Waals surface area (Å²) in [5.74, 6) is -0.247. The molecule has 5 heteroatoms. The molecule has 0 atom stereocenters. The molecule has 0 unspecified atom stereocenters. The van der Waals surface area contributed by atoms with Gasteiger partial charge in [-0.2, -0.15) is 0 Å². The maximum absolute atomic E-state index is 12.9. The molecule has 0 aliphatic heterocycles. The summed E-state index contributed by atoms with van der Waals surface area (Å²) in [5, 5.41) is 0. The SMILES string of the molecule is Cc1c(N=CC(=O)c2ccc(-c3ccccc3)cc2)c(=O)n(-c2ccccc2)n1C. The van der Waals surface area contributed by atoms with E-state index >= 15 is 0 Å². The van der Waals surface area contributed by atoms with Crippen LogP contribution in [-0.4, -0.2) is 21.4 Å². The van der Waals surface area contributed by atoms with Gasteiger partial charge in [-0.1, -0.05) is 72.8 Å². The molecule has 0 amide bonds. The van der Waals surface area contributed by atoms with Crippen LogP contribution in [0.15, 0.2) is 94.7 Å². The first-order valence-electron chi connectivity index (χ1n) is 9.64. The van der Waals surface area contributed by atoms with Crippen LogP contribution in [-0.2, 0) is 7.05 Å². The molecule has 148 valence electrons. The fraction of sp³-hybridized carbons (Fsp3) is 0.0800. The lowest BCUT2D eigenvalue weighted by molar-refractivity contribution is 0.107. The molecular weight excluding hydrogens is 374 g/mol. The fourth-order valence-electron chi connectivity index (χ4n) is 3.36. The van der Waals surface area contributed by atoms with Crippen LogP contribution in [0.4, 0.5) is 5.69 Å². The number of para-hydroxylation sites is 1. The molecule has 3 aromatic carbocycles. The summed E-state index contributed by atoms with van der Waals surface area (Å²) < 4.78 is 3.28. The Morgan fingerprint density at radius 1 is 0.833 bits per heavy atom. The predicted molar refractivity (Wildman–Crippen MR) is 120 cm³/mol. The normalized spacial score (nSPS) is 11.1. The van der Waals surface area contributed by atoms with Crippen molar-refractivity contribution < 1.29 is 4.79 Å². The average Bonchev–Trinajstić information content (AvgIpc) is 3.01. The van der Waals surface area contributed by atoms with E-state index in [9.17, 15) is 9.59 Å². The lowest BCUT2D eigenvalue weighted by Crippen LogP contribution is -2.19. The van der Waals surface area contributed by atoms with Crippen LogP contribution in [0, 0.1) is 6.92 Å². The van der Waals surface area contributed by atoms with Crippen LogP contribution in [0.1, 0.15) is 16.1 Å². The van der Waals surface area contributed by atoms with Gasteiger partial charge in [-0.3, -0.25) is 14.3 Å². The Bertz CT molecular complexity index is 1270. The molecular formula is C25H21N3O2. The van der Waals surface area contributed by atoms with E-state index in [1.165, 1.54) is 6.21 Å². The Labute approximate surface area is 174 Å². The minimum absolute atomic E-state index is 0.247. The van der Waals surface area contributed by atoms with Crippen LogP contribution < -0.4 is 5.56 Å². The summed E-state index contributed by atoms with van der Waals surface area (Å²) in [6, 6.07) is 26.7. The van der Waals surface area contributed by atoms with Gasteiger partial charge in [0.05, 0.1) is 17.6 Å². The van der Waals surface area contributed by atoms with Gasteiger partial charge in [0.1, 0.15) is 0 Å². The van der Waals surface area contributed by atoms with E-state index in [4.69, 9.17) is 0 Å². The first-order chi connectivity index (χ1) is 14.6. The Kier molecular flexibility index (Phi) is 5.26. The van der Waals surface area contributed by atoms with Crippen LogP contribution in [0.25, 0.3) is 16.8 Å².